The van der Waals surface area contributed by atoms with E-state index in [1.807, 2.05) is 0 Å². The monoisotopic (exact) mass is 260 g/mol. The summed E-state index contributed by atoms with van der Waals surface area (Å²) in [5.41, 5.74) is -0.263. The number of hydrogen-bond donors (Lipinski definition) is 3. The summed E-state index contributed by atoms with van der Waals surface area (Å²) in [5.74, 6) is -0.818. The normalized spacial score (nSPS) is 16.8. The molecule has 1 saturated carbocycles. The number of rotatable bonds is 6. The number of aliphatic carboxylic acids is 1. The summed E-state index contributed by atoms with van der Waals surface area (Å²) in [6.07, 6.45) is 2.83. The van der Waals surface area contributed by atoms with E-state index in [4.69, 9.17) is 16.7 Å². The van der Waals surface area contributed by atoms with Crippen LogP contribution in [0.4, 0.5) is 4.79 Å². The predicted molar refractivity (Wildman–Crippen MR) is 64.9 cm³/mol. The van der Waals surface area contributed by atoms with E-state index in [-0.39, 0.29) is 24.4 Å². The molecule has 0 aromatic heterocycles. The van der Waals surface area contributed by atoms with Gasteiger partial charge in [0, 0.05) is 11.6 Å². The Labute approximate surface area is 105 Å². The molecule has 6 heteroatoms. The standard InChI is InChI=1S/C11H17ClN2O3/c1-8(12)6-13-10(17)14-7-11(3-2-4-11)5-9(15)16/h1-7H2,(H,15,16)(H2,13,14,17). The second-order valence-electron chi connectivity index (χ2n) is 4.48. The van der Waals surface area contributed by atoms with Crippen molar-refractivity contribution in [3.63, 3.8) is 0 Å². The molecule has 0 aliphatic heterocycles. The van der Waals surface area contributed by atoms with Gasteiger partial charge in [-0.1, -0.05) is 24.6 Å². The smallest absolute Gasteiger partial charge is 0.315 e. The highest BCUT2D eigenvalue weighted by molar-refractivity contribution is 6.29. The number of carboxylic acid groups (broad SMARTS) is 1. The first-order valence-corrected chi connectivity index (χ1v) is 5.88. The maximum Gasteiger partial charge on any atom is 0.315 e. The highest BCUT2D eigenvalue weighted by Crippen LogP contribution is 2.43. The van der Waals surface area contributed by atoms with E-state index in [2.05, 4.69) is 17.2 Å². The van der Waals surface area contributed by atoms with Crippen LogP contribution in [-0.4, -0.2) is 30.2 Å². The summed E-state index contributed by atoms with van der Waals surface area (Å²) in [5, 5.41) is 14.3. The Bertz CT molecular complexity index is 327. The van der Waals surface area contributed by atoms with Crippen LogP contribution in [0.15, 0.2) is 11.6 Å². The molecule has 5 nitrogen and oxygen atoms in total. The molecule has 0 saturated heterocycles. The molecule has 0 spiro atoms. The summed E-state index contributed by atoms with van der Waals surface area (Å²) in [7, 11) is 0. The molecule has 0 atom stereocenters. The number of urea groups is 1. The van der Waals surface area contributed by atoms with Gasteiger partial charge in [-0.05, 0) is 18.3 Å². The van der Waals surface area contributed by atoms with Gasteiger partial charge in [0.2, 0.25) is 0 Å². The zero-order chi connectivity index (χ0) is 12.9. The Morgan fingerprint density at radius 1 is 1.35 bits per heavy atom. The molecule has 0 aromatic carbocycles. The first kappa shape index (κ1) is 13.8. The molecular formula is C11H17ClN2O3. The molecule has 0 bridgehead atoms. The van der Waals surface area contributed by atoms with Crippen molar-refractivity contribution >= 4 is 23.6 Å². The molecule has 3 N–H and O–H groups in total. The van der Waals surface area contributed by atoms with Gasteiger partial charge in [-0.2, -0.15) is 0 Å². The number of carbonyl (C=O) groups excluding carboxylic acids is 1. The van der Waals surface area contributed by atoms with Gasteiger partial charge in [0.25, 0.3) is 0 Å². The lowest BCUT2D eigenvalue weighted by molar-refractivity contribution is -0.141. The molecule has 0 aromatic rings. The molecular weight excluding hydrogens is 244 g/mol. The maximum absolute atomic E-state index is 11.4. The highest BCUT2D eigenvalue weighted by Gasteiger charge is 2.39. The minimum absolute atomic E-state index is 0.107. The zero-order valence-electron chi connectivity index (χ0n) is 9.59. The number of amides is 2. The number of hydrogen-bond acceptors (Lipinski definition) is 2. The first-order chi connectivity index (χ1) is 7.93. The fourth-order valence-corrected chi connectivity index (χ4v) is 1.99. The van der Waals surface area contributed by atoms with Crippen molar-refractivity contribution in [1.82, 2.24) is 10.6 Å². The van der Waals surface area contributed by atoms with Gasteiger partial charge in [-0.3, -0.25) is 4.79 Å². The van der Waals surface area contributed by atoms with E-state index < -0.39 is 5.97 Å². The molecule has 1 fully saturated rings. The maximum atomic E-state index is 11.4. The third-order valence-electron chi connectivity index (χ3n) is 3.01. The fraction of sp³-hybridized carbons (Fsp3) is 0.636. The molecule has 0 unspecified atom stereocenters. The van der Waals surface area contributed by atoms with Gasteiger partial charge in [0.05, 0.1) is 13.0 Å². The topological polar surface area (TPSA) is 78.4 Å². The van der Waals surface area contributed by atoms with E-state index in [1.165, 1.54) is 0 Å². The number of nitrogens with one attached hydrogen (secondary N) is 2. The SMILES string of the molecule is C=C(Cl)CNC(=O)NCC1(CC(=O)O)CCC1. The summed E-state index contributed by atoms with van der Waals surface area (Å²) in [6.45, 7) is 4.04. The van der Waals surface area contributed by atoms with Crippen LogP contribution in [0.2, 0.25) is 0 Å². The second-order valence-corrected chi connectivity index (χ2v) is 5.01. The van der Waals surface area contributed by atoms with Crippen LogP contribution in [0.25, 0.3) is 0 Å². The van der Waals surface area contributed by atoms with E-state index in [9.17, 15) is 9.59 Å². The molecule has 1 aliphatic rings. The van der Waals surface area contributed by atoms with Crippen molar-refractivity contribution in [3.8, 4) is 0 Å². The van der Waals surface area contributed by atoms with Crippen LogP contribution in [-0.2, 0) is 4.79 Å². The highest BCUT2D eigenvalue weighted by atomic mass is 35.5. The molecule has 0 heterocycles. The van der Waals surface area contributed by atoms with Gasteiger partial charge in [0.15, 0.2) is 0 Å². The Kier molecular flexibility index (Phi) is 4.81. The van der Waals surface area contributed by atoms with E-state index >= 15 is 0 Å². The minimum Gasteiger partial charge on any atom is -0.481 e. The van der Waals surface area contributed by atoms with Crippen LogP contribution in [0, 0.1) is 5.41 Å². The van der Waals surface area contributed by atoms with Crippen molar-refractivity contribution in [2.45, 2.75) is 25.7 Å². The average molecular weight is 261 g/mol. The average Bonchev–Trinajstić information content (AvgIpc) is 2.18. The lowest BCUT2D eigenvalue weighted by Crippen LogP contribution is -2.46. The Morgan fingerprint density at radius 2 is 2.00 bits per heavy atom. The molecule has 1 rings (SSSR count). The third-order valence-corrected chi connectivity index (χ3v) is 3.14. The van der Waals surface area contributed by atoms with Crippen LogP contribution >= 0.6 is 11.6 Å². The van der Waals surface area contributed by atoms with Gasteiger partial charge in [-0.15, -0.1) is 0 Å². The van der Waals surface area contributed by atoms with Crippen LogP contribution in [0.1, 0.15) is 25.7 Å². The predicted octanol–water partition coefficient (Wildman–Crippen LogP) is 1.68. The van der Waals surface area contributed by atoms with Crippen molar-refractivity contribution < 1.29 is 14.7 Å². The van der Waals surface area contributed by atoms with Crippen molar-refractivity contribution in [3.05, 3.63) is 11.6 Å². The molecule has 2 amide bonds. The van der Waals surface area contributed by atoms with Gasteiger partial charge < -0.3 is 15.7 Å². The zero-order valence-corrected chi connectivity index (χ0v) is 10.3. The van der Waals surface area contributed by atoms with Gasteiger partial charge in [0.1, 0.15) is 0 Å². The molecule has 0 radical (unpaired) electrons. The molecule has 96 valence electrons. The Balaban J connectivity index is 2.30. The lowest BCUT2D eigenvalue weighted by Gasteiger charge is -2.40. The van der Waals surface area contributed by atoms with Crippen LogP contribution in [0.3, 0.4) is 0 Å². The molecule has 1 aliphatic carbocycles. The van der Waals surface area contributed by atoms with Crippen molar-refractivity contribution in [1.29, 1.82) is 0 Å². The van der Waals surface area contributed by atoms with E-state index in [1.54, 1.807) is 0 Å². The second kappa shape index (κ2) is 5.91. The lowest BCUT2D eigenvalue weighted by atomic mass is 9.66. The van der Waals surface area contributed by atoms with Gasteiger partial charge >= 0.3 is 12.0 Å². The first-order valence-electron chi connectivity index (χ1n) is 5.50. The van der Waals surface area contributed by atoms with E-state index in [0.29, 0.717) is 11.6 Å². The minimum atomic E-state index is -0.818. The van der Waals surface area contributed by atoms with Gasteiger partial charge in [-0.25, -0.2) is 4.79 Å². The Hall–Kier alpha value is -1.23. The Morgan fingerprint density at radius 3 is 2.41 bits per heavy atom. The van der Waals surface area contributed by atoms with Crippen molar-refractivity contribution in [2.75, 3.05) is 13.1 Å². The largest absolute Gasteiger partial charge is 0.481 e. The summed E-state index contributed by atoms with van der Waals surface area (Å²) in [4.78, 5) is 22.1. The van der Waals surface area contributed by atoms with E-state index in [0.717, 1.165) is 19.3 Å². The number of carbonyl (C=O) groups is 2. The summed E-state index contributed by atoms with van der Waals surface area (Å²) < 4.78 is 0. The number of carboxylic acids is 1. The van der Waals surface area contributed by atoms with Crippen LogP contribution < -0.4 is 10.6 Å². The van der Waals surface area contributed by atoms with Crippen molar-refractivity contribution in [2.24, 2.45) is 5.41 Å². The van der Waals surface area contributed by atoms with Crippen LogP contribution in [0.5, 0.6) is 0 Å². The summed E-state index contributed by atoms with van der Waals surface area (Å²) in [6, 6.07) is -0.344. The molecule has 17 heavy (non-hydrogen) atoms. The fourth-order valence-electron chi connectivity index (χ4n) is 1.92. The third kappa shape index (κ3) is 4.65. The summed E-state index contributed by atoms with van der Waals surface area (Å²) >= 11 is 5.50. The number of halogens is 1. The quantitative estimate of drug-likeness (QED) is 0.680.